The fourth-order valence-electron chi connectivity index (χ4n) is 4.36. The molecule has 0 aromatic rings. The molecule has 0 aromatic heterocycles. The maximum absolute atomic E-state index is 10.7. The van der Waals surface area contributed by atoms with Crippen LogP contribution in [0.15, 0.2) is 0 Å². The van der Waals surface area contributed by atoms with E-state index in [9.17, 15) is 30.6 Å². The number of hydrogen-bond acceptors (Lipinski definition) is 14. The van der Waals surface area contributed by atoms with Gasteiger partial charge in [0.25, 0.3) is 0 Å². The van der Waals surface area contributed by atoms with E-state index in [1.54, 1.807) is 6.92 Å². The topological polar surface area (TPSA) is 262 Å². The van der Waals surface area contributed by atoms with Gasteiger partial charge in [-0.1, -0.05) is 0 Å². The predicted molar refractivity (Wildman–Crippen MR) is 106 cm³/mol. The number of aliphatic hydroxyl groups is 6. The molecule has 2 saturated heterocycles. The van der Waals surface area contributed by atoms with E-state index in [2.05, 4.69) is 0 Å². The number of aliphatic hydroxyl groups excluding tert-OH is 6. The first-order chi connectivity index (χ1) is 15.0. The van der Waals surface area contributed by atoms with Crippen LogP contribution in [-0.2, 0) is 18.9 Å². The first kappa shape index (κ1) is 26.1. The van der Waals surface area contributed by atoms with Crippen molar-refractivity contribution in [3.63, 3.8) is 0 Å². The van der Waals surface area contributed by atoms with Crippen molar-refractivity contribution in [2.45, 2.75) is 105 Å². The molecule has 2 heterocycles. The van der Waals surface area contributed by atoms with E-state index in [-0.39, 0.29) is 6.42 Å². The van der Waals surface area contributed by atoms with Crippen LogP contribution in [0.5, 0.6) is 0 Å². The minimum Gasteiger partial charge on any atom is -0.394 e. The van der Waals surface area contributed by atoms with Crippen LogP contribution < -0.4 is 22.9 Å². The van der Waals surface area contributed by atoms with Gasteiger partial charge in [0.1, 0.15) is 48.8 Å². The third-order valence-corrected chi connectivity index (χ3v) is 6.35. The molecule has 14 N–H and O–H groups in total. The molecule has 2 aliphatic heterocycles. The summed E-state index contributed by atoms with van der Waals surface area (Å²) in [5, 5.41) is 60.8. The Balaban J connectivity index is 1.78. The maximum atomic E-state index is 10.7. The Morgan fingerprint density at radius 1 is 0.812 bits per heavy atom. The van der Waals surface area contributed by atoms with Gasteiger partial charge in [0.15, 0.2) is 12.6 Å². The van der Waals surface area contributed by atoms with Crippen molar-refractivity contribution in [1.82, 2.24) is 0 Å². The number of nitrogens with two attached hydrogens (primary N) is 4. The molecule has 1 saturated carbocycles. The van der Waals surface area contributed by atoms with Gasteiger partial charge in [-0.3, -0.25) is 0 Å². The van der Waals surface area contributed by atoms with Crippen molar-refractivity contribution in [3.8, 4) is 0 Å². The molecule has 1 aliphatic carbocycles. The lowest BCUT2D eigenvalue weighted by Crippen LogP contribution is -2.68. The Labute approximate surface area is 185 Å². The van der Waals surface area contributed by atoms with Crippen LogP contribution in [0, 0.1) is 0 Å². The molecule has 14 nitrogen and oxygen atoms in total. The van der Waals surface area contributed by atoms with Gasteiger partial charge in [0.2, 0.25) is 0 Å². The van der Waals surface area contributed by atoms with Crippen LogP contribution in [0.2, 0.25) is 0 Å². The number of ether oxygens (including phenoxy) is 4. The standard InChI is InChI=1S/C18H36N4O10/c1-4(19)14-12(27)13(28)18(30-14)32-16-9(24)5(20)2-6(21)15(16)31-17-8(22)11(26)10(25)7(3-23)29-17/h4-18,23-28H,2-3,19-22H2,1H3/t4-,5+,6?,7?,8?,9+,10+,11?,12?,13-,14+,15+,16?,17+,18-/m0/s1. The van der Waals surface area contributed by atoms with Crippen LogP contribution >= 0.6 is 0 Å². The third kappa shape index (κ3) is 4.94. The largest absolute Gasteiger partial charge is 0.394 e. The normalized spacial score (nSPS) is 53.3. The zero-order valence-electron chi connectivity index (χ0n) is 17.7. The highest BCUT2D eigenvalue weighted by molar-refractivity contribution is 5.01. The van der Waals surface area contributed by atoms with Crippen molar-refractivity contribution < 1.29 is 49.6 Å². The second-order valence-corrected chi connectivity index (χ2v) is 8.85. The molecule has 15 atom stereocenters. The average Bonchev–Trinajstić information content (AvgIpc) is 3.03. The minimum atomic E-state index is -1.46. The molecule has 0 spiro atoms. The number of hydrogen-bond donors (Lipinski definition) is 10. The van der Waals surface area contributed by atoms with Crippen LogP contribution in [0.25, 0.3) is 0 Å². The van der Waals surface area contributed by atoms with Gasteiger partial charge in [-0.05, 0) is 13.3 Å². The van der Waals surface area contributed by atoms with Gasteiger partial charge in [0, 0.05) is 18.1 Å². The predicted octanol–water partition coefficient (Wildman–Crippen LogP) is -6.26. The molecule has 32 heavy (non-hydrogen) atoms. The van der Waals surface area contributed by atoms with Crippen LogP contribution in [-0.4, -0.2) is 129 Å². The van der Waals surface area contributed by atoms with E-state index in [4.69, 9.17) is 41.9 Å². The molecule has 0 radical (unpaired) electrons. The van der Waals surface area contributed by atoms with E-state index in [0.29, 0.717) is 0 Å². The molecule has 6 unspecified atom stereocenters. The molecule has 188 valence electrons. The van der Waals surface area contributed by atoms with Crippen molar-refractivity contribution in [2.24, 2.45) is 22.9 Å². The molecule has 0 bridgehead atoms. The fraction of sp³-hybridized carbons (Fsp3) is 1.00. The Morgan fingerprint density at radius 3 is 2.00 bits per heavy atom. The van der Waals surface area contributed by atoms with E-state index in [1.165, 1.54) is 0 Å². The highest BCUT2D eigenvalue weighted by atomic mass is 16.7. The van der Waals surface area contributed by atoms with E-state index in [0.717, 1.165) is 0 Å². The average molecular weight is 469 g/mol. The first-order valence-corrected chi connectivity index (χ1v) is 10.6. The van der Waals surface area contributed by atoms with Crippen molar-refractivity contribution in [3.05, 3.63) is 0 Å². The van der Waals surface area contributed by atoms with Gasteiger partial charge in [-0.2, -0.15) is 0 Å². The second-order valence-electron chi connectivity index (χ2n) is 8.85. The zero-order valence-corrected chi connectivity index (χ0v) is 17.7. The lowest BCUT2D eigenvalue weighted by atomic mass is 9.84. The smallest absolute Gasteiger partial charge is 0.187 e. The maximum Gasteiger partial charge on any atom is 0.187 e. The molecule has 0 amide bonds. The van der Waals surface area contributed by atoms with E-state index >= 15 is 0 Å². The summed E-state index contributed by atoms with van der Waals surface area (Å²) in [6.07, 6.45) is -13.9. The van der Waals surface area contributed by atoms with Crippen LogP contribution in [0.4, 0.5) is 0 Å². The highest BCUT2D eigenvalue weighted by Crippen LogP contribution is 2.32. The van der Waals surface area contributed by atoms with Crippen molar-refractivity contribution in [1.29, 1.82) is 0 Å². The summed E-state index contributed by atoms with van der Waals surface area (Å²) in [5.74, 6) is 0. The molecule has 3 aliphatic rings. The Hall–Kier alpha value is -0.560. The summed E-state index contributed by atoms with van der Waals surface area (Å²) in [6, 6.07) is -3.39. The molecule has 3 fully saturated rings. The second kappa shape index (κ2) is 10.4. The van der Waals surface area contributed by atoms with Crippen molar-refractivity contribution in [2.75, 3.05) is 6.61 Å². The Kier molecular flexibility index (Phi) is 8.44. The summed E-state index contributed by atoms with van der Waals surface area (Å²) < 4.78 is 22.7. The Bertz CT molecular complexity index is 618. The lowest BCUT2D eigenvalue weighted by molar-refractivity contribution is -0.310. The summed E-state index contributed by atoms with van der Waals surface area (Å²) in [5.41, 5.74) is 23.9. The van der Waals surface area contributed by atoms with Gasteiger partial charge < -0.3 is 72.5 Å². The summed E-state index contributed by atoms with van der Waals surface area (Å²) in [4.78, 5) is 0. The molecule has 0 aromatic carbocycles. The summed E-state index contributed by atoms with van der Waals surface area (Å²) >= 11 is 0. The van der Waals surface area contributed by atoms with Crippen LogP contribution in [0.3, 0.4) is 0 Å². The lowest BCUT2D eigenvalue weighted by Gasteiger charge is -2.47. The quantitative estimate of drug-likeness (QED) is 0.174. The van der Waals surface area contributed by atoms with Crippen molar-refractivity contribution >= 4 is 0 Å². The highest BCUT2D eigenvalue weighted by Gasteiger charge is 2.52. The minimum absolute atomic E-state index is 0.140. The summed E-state index contributed by atoms with van der Waals surface area (Å²) in [7, 11) is 0. The first-order valence-electron chi connectivity index (χ1n) is 10.6. The van der Waals surface area contributed by atoms with Gasteiger partial charge in [0.05, 0.1) is 18.8 Å². The van der Waals surface area contributed by atoms with E-state index < -0.39 is 98.3 Å². The van der Waals surface area contributed by atoms with Gasteiger partial charge >= 0.3 is 0 Å². The SMILES string of the molecule is C[C@H](N)[C@H]1O[C@@H](OC2[C@H](O[C@H]3OC(CO)[C@@H](O)C(O)C3N)C(N)C[C@@H](N)[C@H]2O)[C@@H](O)C1O. The van der Waals surface area contributed by atoms with Crippen LogP contribution in [0.1, 0.15) is 13.3 Å². The molecular weight excluding hydrogens is 432 g/mol. The monoisotopic (exact) mass is 468 g/mol. The molecule has 14 heteroatoms. The Morgan fingerprint density at radius 2 is 1.44 bits per heavy atom. The van der Waals surface area contributed by atoms with Gasteiger partial charge in [-0.15, -0.1) is 0 Å². The fourth-order valence-corrected chi connectivity index (χ4v) is 4.36. The third-order valence-electron chi connectivity index (χ3n) is 6.35. The molecule has 3 rings (SSSR count). The molecular formula is C18H36N4O10. The number of rotatable bonds is 6. The summed E-state index contributed by atoms with van der Waals surface area (Å²) in [6.45, 7) is 0.989. The zero-order chi connectivity index (χ0) is 23.9. The van der Waals surface area contributed by atoms with Gasteiger partial charge in [-0.25, -0.2) is 0 Å². The van der Waals surface area contributed by atoms with E-state index in [1.807, 2.05) is 0 Å².